The Morgan fingerprint density at radius 1 is 1.17 bits per heavy atom. The fourth-order valence-electron chi connectivity index (χ4n) is 3.03. The summed E-state index contributed by atoms with van der Waals surface area (Å²) in [5, 5.41) is 0. The van der Waals surface area contributed by atoms with E-state index in [1.807, 2.05) is 6.92 Å². The van der Waals surface area contributed by atoms with Crippen LogP contribution in [-0.4, -0.2) is 55.2 Å². The molecule has 2 aliphatic heterocycles. The van der Waals surface area contributed by atoms with Gasteiger partial charge in [0.05, 0.1) is 17.5 Å². The van der Waals surface area contributed by atoms with Crippen LogP contribution in [-0.2, 0) is 19.6 Å². The maximum Gasteiger partial charge on any atom is 0.243 e. The van der Waals surface area contributed by atoms with Gasteiger partial charge in [0.2, 0.25) is 21.8 Å². The fourth-order valence-corrected chi connectivity index (χ4v) is 4.63. The highest BCUT2D eigenvalue weighted by Gasteiger charge is 2.45. The van der Waals surface area contributed by atoms with E-state index < -0.39 is 10.0 Å². The smallest absolute Gasteiger partial charge is 0.243 e. The van der Waals surface area contributed by atoms with E-state index in [1.165, 1.54) is 15.3 Å². The number of likely N-dealkylation sites (tertiary alicyclic amines) is 1. The highest BCUT2D eigenvalue weighted by atomic mass is 32.2. The molecule has 1 aromatic rings. The second kappa shape index (κ2) is 6.18. The minimum atomic E-state index is -3.63. The third kappa shape index (κ3) is 2.80. The van der Waals surface area contributed by atoms with Crippen LogP contribution in [0.5, 0.6) is 5.75 Å². The van der Waals surface area contributed by atoms with Gasteiger partial charge < -0.3 is 4.74 Å². The molecule has 0 radical (unpaired) electrons. The number of ether oxygens (including phenoxy) is 1. The molecule has 0 atom stereocenters. The van der Waals surface area contributed by atoms with Crippen molar-refractivity contribution in [1.82, 2.24) is 9.21 Å². The molecule has 2 saturated heterocycles. The van der Waals surface area contributed by atoms with Gasteiger partial charge in [-0.1, -0.05) is 0 Å². The molecular formula is C16H20N2O5S. The molecule has 0 N–H and O–H groups in total. The van der Waals surface area contributed by atoms with Crippen LogP contribution >= 0.6 is 0 Å². The monoisotopic (exact) mass is 352 g/mol. The molecule has 0 saturated carbocycles. The van der Waals surface area contributed by atoms with Crippen molar-refractivity contribution in [2.75, 3.05) is 19.7 Å². The van der Waals surface area contributed by atoms with Gasteiger partial charge in [-0.05, 0) is 37.6 Å². The predicted octanol–water partition coefficient (Wildman–Crippen LogP) is 0.916. The first-order valence-corrected chi connectivity index (χ1v) is 9.37. The van der Waals surface area contributed by atoms with Gasteiger partial charge >= 0.3 is 0 Å². The van der Waals surface area contributed by atoms with Crippen LogP contribution in [0, 0.1) is 6.92 Å². The second-order valence-corrected chi connectivity index (χ2v) is 7.93. The van der Waals surface area contributed by atoms with Crippen LogP contribution in [0.2, 0.25) is 0 Å². The lowest BCUT2D eigenvalue weighted by Crippen LogP contribution is -2.62. The van der Waals surface area contributed by atoms with E-state index >= 15 is 0 Å². The van der Waals surface area contributed by atoms with E-state index in [0.717, 1.165) is 5.56 Å². The maximum absolute atomic E-state index is 12.7. The van der Waals surface area contributed by atoms with Gasteiger partial charge in [-0.25, -0.2) is 8.42 Å². The van der Waals surface area contributed by atoms with Crippen molar-refractivity contribution in [3.8, 4) is 5.75 Å². The van der Waals surface area contributed by atoms with Crippen molar-refractivity contribution in [2.45, 2.75) is 37.6 Å². The highest BCUT2D eigenvalue weighted by Crippen LogP contribution is 2.29. The van der Waals surface area contributed by atoms with Crippen molar-refractivity contribution in [3.05, 3.63) is 23.8 Å². The third-order valence-electron chi connectivity index (χ3n) is 4.37. The Hall–Kier alpha value is -1.93. The van der Waals surface area contributed by atoms with Crippen molar-refractivity contribution < 1.29 is 22.7 Å². The molecule has 2 amide bonds. The number of imide groups is 1. The summed E-state index contributed by atoms with van der Waals surface area (Å²) in [5.41, 5.74) is 0.750. The number of rotatable bonds is 5. The van der Waals surface area contributed by atoms with E-state index in [4.69, 9.17) is 4.74 Å². The summed E-state index contributed by atoms with van der Waals surface area (Å²) in [4.78, 5) is 24.8. The molecular weight excluding hydrogens is 332 g/mol. The number of aryl methyl sites for hydroxylation is 1. The molecule has 0 aromatic heterocycles. The zero-order valence-electron chi connectivity index (χ0n) is 13.7. The number of carbonyl (C=O) groups excluding carboxylic acids is 2. The van der Waals surface area contributed by atoms with Crippen molar-refractivity contribution in [2.24, 2.45) is 0 Å². The van der Waals surface area contributed by atoms with Gasteiger partial charge in [0.1, 0.15) is 5.75 Å². The largest absolute Gasteiger partial charge is 0.494 e. The molecule has 7 nitrogen and oxygen atoms in total. The molecule has 2 heterocycles. The molecule has 8 heteroatoms. The van der Waals surface area contributed by atoms with E-state index in [2.05, 4.69) is 0 Å². The van der Waals surface area contributed by atoms with Gasteiger partial charge in [0, 0.05) is 25.9 Å². The average Bonchev–Trinajstić information content (AvgIpc) is 2.80. The first kappa shape index (κ1) is 16.9. The van der Waals surface area contributed by atoms with E-state index in [0.29, 0.717) is 12.4 Å². The van der Waals surface area contributed by atoms with E-state index in [-0.39, 0.29) is 48.7 Å². The van der Waals surface area contributed by atoms with Crippen LogP contribution in [0.15, 0.2) is 23.1 Å². The Morgan fingerprint density at radius 2 is 1.79 bits per heavy atom. The number of sulfonamides is 1. The lowest BCUT2D eigenvalue weighted by Gasteiger charge is -2.41. The lowest BCUT2D eigenvalue weighted by molar-refractivity contribution is -0.143. The zero-order chi connectivity index (χ0) is 17.5. The lowest BCUT2D eigenvalue weighted by atomic mass is 10.1. The minimum Gasteiger partial charge on any atom is -0.494 e. The molecule has 2 fully saturated rings. The average molecular weight is 352 g/mol. The molecule has 0 aliphatic carbocycles. The molecule has 0 spiro atoms. The summed E-state index contributed by atoms with van der Waals surface area (Å²) in [6.45, 7) is 4.49. The summed E-state index contributed by atoms with van der Waals surface area (Å²) < 4.78 is 32.0. The topological polar surface area (TPSA) is 84.0 Å². The Morgan fingerprint density at radius 3 is 2.33 bits per heavy atom. The first-order chi connectivity index (χ1) is 11.3. The SMILES string of the molecule is CCOc1ccc(S(=O)(=O)N2CC(N3C(=O)CCC3=O)C2)cc1C. The van der Waals surface area contributed by atoms with Gasteiger partial charge in [-0.15, -0.1) is 0 Å². The second-order valence-electron chi connectivity index (χ2n) is 5.99. The van der Waals surface area contributed by atoms with Crippen molar-refractivity contribution in [1.29, 1.82) is 0 Å². The van der Waals surface area contributed by atoms with Crippen LogP contribution in [0.4, 0.5) is 0 Å². The summed E-state index contributed by atoms with van der Waals surface area (Å²) in [6.07, 6.45) is 0.445. The summed E-state index contributed by atoms with van der Waals surface area (Å²) in [5.74, 6) is 0.240. The van der Waals surface area contributed by atoms with Gasteiger partial charge in [0.25, 0.3) is 0 Å². The fraction of sp³-hybridized carbons (Fsp3) is 0.500. The van der Waals surface area contributed by atoms with Crippen LogP contribution in [0.25, 0.3) is 0 Å². The Balaban J connectivity index is 1.73. The number of benzene rings is 1. The molecule has 130 valence electrons. The van der Waals surface area contributed by atoms with Crippen LogP contribution in [0.1, 0.15) is 25.3 Å². The zero-order valence-corrected chi connectivity index (χ0v) is 14.5. The minimum absolute atomic E-state index is 0.159. The summed E-state index contributed by atoms with van der Waals surface area (Å²) in [6, 6.07) is 4.41. The van der Waals surface area contributed by atoms with Crippen molar-refractivity contribution in [3.63, 3.8) is 0 Å². The van der Waals surface area contributed by atoms with Crippen LogP contribution < -0.4 is 4.74 Å². The summed E-state index contributed by atoms with van der Waals surface area (Å²) >= 11 is 0. The first-order valence-electron chi connectivity index (χ1n) is 7.93. The third-order valence-corrected chi connectivity index (χ3v) is 6.20. The quantitative estimate of drug-likeness (QED) is 0.736. The summed E-state index contributed by atoms with van der Waals surface area (Å²) in [7, 11) is -3.63. The van der Waals surface area contributed by atoms with Gasteiger partial charge in [-0.2, -0.15) is 4.31 Å². The number of hydrogen-bond donors (Lipinski definition) is 0. The number of carbonyl (C=O) groups is 2. The van der Waals surface area contributed by atoms with Crippen molar-refractivity contribution >= 4 is 21.8 Å². The Bertz CT molecular complexity index is 768. The molecule has 2 aliphatic rings. The highest BCUT2D eigenvalue weighted by molar-refractivity contribution is 7.89. The van der Waals surface area contributed by atoms with E-state index in [1.54, 1.807) is 19.1 Å². The van der Waals surface area contributed by atoms with Gasteiger partial charge in [0.15, 0.2) is 0 Å². The predicted molar refractivity (Wildman–Crippen MR) is 86.0 cm³/mol. The Kier molecular flexibility index (Phi) is 4.35. The molecule has 0 unspecified atom stereocenters. The normalized spacial score (nSPS) is 19.7. The maximum atomic E-state index is 12.7. The number of nitrogens with zero attached hydrogens (tertiary/aromatic N) is 2. The molecule has 0 bridgehead atoms. The Labute approximate surface area is 141 Å². The number of hydrogen-bond acceptors (Lipinski definition) is 5. The van der Waals surface area contributed by atoms with Crippen LogP contribution in [0.3, 0.4) is 0 Å². The standard InChI is InChI=1S/C16H20N2O5S/c1-3-23-14-5-4-13(8-11(14)2)24(21,22)17-9-12(10-17)18-15(19)6-7-16(18)20/h4-5,8,12H,3,6-7,9-10H2,1-2H3. The molecule has 24 heavy (non-hydrogen) atoms. The van der Waals surface area contributed by atoms with E-state index in [9.17, 15) is 18.0 Å². The molecule has 1 aromatic carbocycles. The van der Waals surface area contributed by atoms with Gasteiger partial charge in [-0.3, -0.25) is 14.5 Å². The molecule has 3 rings (SSSR count). The number of amides is 2.